The van der Waals surface area contributed by atoms with Gasteiger partial charge in [-0.05, 0) is 18.9 Å². The first-order valence-electron chi connectivity index (χ1n) is 5.72. The van der Waals surface area contributed by atoms with Crippen molar-refractivity contribution < 1.29 is 4.74 Å². The highest BCUT2D eigenvalue weighted by Crippen LogP contribution is 2.22. The second-order valence-electron chi connectivity index (χ2n) is 4.22. The molecule has 1 aromatic carbocycles. The van der Waals surface area contributed by atoms with Gasteiger partial charge in [-0.25, -0.2) is 0 Å². The molecule has 0 spiro atoms. The van der Waals surface area contributed by atoms with Crippen LogP contribution in [0.2, 0.25) is 0 Å². The first-order valence-corrected chi connectivity index (χ1v) is 5.72. The normalized spacial score (nSPS) is 26.5. The Morgan fingerprint density at radius 3 is 2.67 bits per heavy atom. The number of rotatable bonds is 2. The van der Waals surface area contributed by atoms with E-state index in [9.17, 15) is 0 Å². The molecule has 82 valence electrons. The molecule has 2 unspecified atom stereocenters. The fourth-order valence-corrected chi connectivity index (χ4v) is 1.92. The molecular weight excluding hydrogens is 186 g/mol. The zero-order valence-corrected chi connectivity index (χ0v) is 9.49. The summed E-state index contributed by atoms with van der Waals surface area (Å²) in [4.78, 5) is 0. The number of benzene rings is 1. The van der Waals surface area contributed by atoms with Crippen molar-refractivity contribution in [1.82, 2.24) is 5.32 Å². The average Bonchev–Trinajstić information content (AvgIpc) is 2.30. The average molecular weight is 205 g/mol. The van der Waals surface area contributed by atoms with Crippen molar-refractivity contribution in [3.8, 4) is 0 Å². The van der Waals surface area contributed by atoms with Gasteiger partial charge in [-0.15, -0.1) is 0 Å². The second-order valence-corrected chi connectivity index (χ2v) is 4.22. The number of hydrogen-bond acceptors (Lipinski definition) is 2. The third-order valence-electron chi connectivity index (χ3n) is 2.96. The summed E-state index contributed by atoms with van der Waals surface area (Å²) >= 11 is 0. The minimum Gasteiger partial charge on any atom is -0.368 e. The largest absolute Gasteiger partial charge is 0.368 e. The molecule has 2 atom stereocenters. The maximum Gasteiger partial charge on any atom is 0.0953 e. The van der Waals surface area contributed by atoms with E-state index in [1.54, 1.807) is 0 Å². The Morgan fingerprint density at radius 2 is 2.00 bits per heavy atom. The van der Waals surface area contributed by atoms with Crippen molar-refractivity contribution in [2.24, 2.45) is 0 Å². The third-order valence-corrected chi connectivity index (χ3v) is 2.96. The van der Waals surface area contributed by atoms with Crippen LogP contribution in [0, 0.1) is 6.92 Å². The molecule has 1 heterocycles. The Kier molecular flexibility index (Phi) is 3.39. The van der Waals surface area contributed by atoms with Crippen molar-refractivity contribution in [3.63, 3.8) is 0 Å². The second kappa shape index (κ2) is 4.77. The standard InChI is InChI=1S/C13H19NO/c1-3-12-8-14-9-13(15-12)11-6-4-10(2)5-7-11/h4-7,12-14H,3,8-9H2,1-2H3. The fraction of sp³-hybridized carbons (Fsp3) is 0.538. The summed E-state index contributed by atoms with van der Waals surface area (Å²) < 4.78 is 6.00. The van der Waals surface area contributed by atoms with Crippen molar-refractivity contribution in [2.45, 2.75) is 32.5 Å². The monoisotopic (exact) mass is 205 g/mol. The molecule has 0 amide bonds. The van der Waals surface area contributed by atoms with Crippen LogP contribution in [0.5, 0.6) is 0 Å². The van der Waals surface area contributed by atoms with Crippen LogP contribution in [0.25, 0.3) is 0 Å². The predicted octanol–water partition coefficient (Wildman–Crippen LogP) is 2.43. The van der Waals surface area contributed by atoms with Crippen LogP contribution in [-0.4, -0.2) is 19.2 Å². The molecule has 0 bridgehead atoms. The number of hydrogen-bond donors (Lipinski definition) is 1. The van der Waals surface area contributed by atoms with Crippen molar-refractivity contribution in [3.05, 3.63) is 35.4 Å². The summed E-state index contributed by atoms with van der Waals surface area (Å²) in [7, 11) is 0. The summed E-state index contributed by atoms with van der Waals surface area (Å²) in [5, 5.41) is 3.42. The van der Waals surface area contributed by atoms with Crippen LogP contribution in [0.1, 0.15) is 30.6 Å². The van der Waals surface area contributed by atoms with Gasteiger partial charge in [-0.3, -0.25) is 0 Å². The first kappa shape index (κ1) is 10.7. The zero-order chi connectivity index (χ0) is 10.7. The van der Waals surface area contributed by atoms with Gasteiger partial charge in [0.15, 0.2) is 0 Å². The highest BCUT2D eigenvalue weighted by molar-refractivity contribution is 5.23. The van der Waals surface area contributed by atoms with Gasteiger partial charge in [0.1, 0.15) is 0 Å². The smallest absolute Gasteiger partial charge is 0.0953 e. The number of ether oxygens (including phenoxy) is 1. The van der Waals surface area contributed by atoms with Crippen LogP contribution in [0.4, 0.5) is 0 Å². The summed E-state index contributed by atoms with van der Waals surface area (Å²) in [5.41, 5.74) is 2.58. The predicted molar refractivity (Wildman–Crippen MR) is 62.0 cm³/mol. The van der Waals surface area contributed by atoms with E-state index in [1.807, 2.05) is 0 Å². The molecule has 2 nitrogen and oxygen atoms in total. The Morgan fingerprint density at radius 1 is 1.27 bits per heavy atom. The Bertz CT molecular complexity index is 307. The van der Waals surface area contributed by atoms with Crippen LogP contribution < -0.4 is 5.32 Å². The van der Waals surface area contributed by atoms with Crippen LogP contribution in [0.15, 0.2) is 24.3 Å². The van der Waals surface area contributed by atoms with E-state index in [0.717, 1.165) is 19.5 Å². The molecule has 0 radical (unpaired) electrons. The number of aryl methyl sites for hydroxylation is 1. The van der Waals surface area contributed by atoms with Gasteiger partial charge in [0.2, 0.25) is 0 Å². The van der Waals surface area contributed by atoms with Gasteiger partial charge < -0.3 is 10.1 Å². The zero-order valence-electron chi connectivity index (χ0n) is 9.49. The number of morpholine rings is 1. The molecule has 1 aliphatic rings. The van der Waals surface area contributed by atoms with Gasteiger partial charge in [0.25, 0.3) is 0 Å². The van der Waals surface area contributed by atoms with Crippen molar-refractivity contribution in [2.75, 3.05) is 13.1 Å². The summed E-state index contributed by atoms with van der Waals surface area (Å²) in [6.07, 6.45) is 1.67. The fourth-order valence-electron chi connectivity index (χ4n) is 1.92. The molecule has 2 heteroatoms. The lowest BCUT2D eigenvalue weighted by Gasteiger charge is -2.30. The molecule has 0 saturated carbocycles. The summed E-state index contributed by atoms with van der Waals surface area (Å²) in [6.45, 7) is 6.20. The lowest BCUT2D eigenvalue weighted by Crippen LogP contribution is -2.40. The van der Waals surface area contributed by atoms with E-state index in [1.165, 1.54) is 11.1 Å². The summed E-state index contributed by atoms with van der Waals surface area (Å²) in [6, 6.07) is 8.63. The van der Waals surface area contributed by atoms with Gasteiger partial charge in [0, 0.05) is 13.1 Å². The maximum atomic E-state index is 6.00. The molecule has 1 aliphatic heterocycles. The molecule has 1 N–H and O–H groups in total. The highest BCUT2D eigenvalue weighted by atomic mass is 16.5. The quantitative estimate of drug-likeness (QED) is 0.800. The van der Waals surface area contributed by atoms with Gasteiger partial charge in [0.05, 0.1) is 12.2 Å². The molecule has 2 rings (SSSR count). The topological polar surface area (TPSA) is 21.3 Å². The first-order chi connectivity index (χ1) is 7.29. The SMILES string of the molecule is CCC1CNCC(c2ccc(C)cc2)O1. The third kappa shape index (κ3) is 2.58. The van der Waals surface area contributed by atoms with Crippen molar-refractivity contribution >= 4 is 0 Å². The van der Waals surface area contributed by atoms with Crippen molar-refractivity contribution in [1.29, 1.82) is 0 Å². The molecule has 15 heavy (non-hydrogen) atoms. The molecule has 1 aromatic rings. The van der Waals surface area contributed by atoms with E-state index in [4.69, 9.17) is 4.74 Å². The van der Waals surface area contributed by atoms with Crippen LogP contribution in [0.3, 0.4) is 0 Å². The van der Waals surface area contributed by atoms with Crippen LogP contribution in [-0.2, 0) is 4.74 Å². The van der Waals surface area contributed by atoms with Gasteiger partial charge >= 0.3 is 0 Å². The maximum absolute atomic E-state index is 6.00. The molecule has 0 aliphatic carbocycles. The van der Waals surface area contributed by atoms with Crippen LogP contribution >= 0.6 is 0 Å². The number of nitrogens with one attached hydrogen (secondary N) is 1. The molecule has 1 fully saturated rings. The molecule has 0 aromatic heterocycles. The highest BCUT2D eigenvalue weighted by Gasteiger charge is 2.21. The molecular formula is C13H19NO. The van der Waals surface area contributed by atoms with Gasteiger partial charge in [-0.1, -0.05) is 36.8 Å². The van der Waals surface area contributed by atoms with E-state index >= 15 is 0 Å². The van der Waals surface area contributed by atoms with E-state index < -0.39 is 0 Å². The van der Waals surface area contributed by atoms with E-state index in [2.05, 4.69) is 43.4 Å². The Labute approximate surface area is 91.6 Å². The Balaban J connectivity index is 2.06. The van der Waals surface area contributed by atoms with E-state index in [0.29, 0.717) is 6.10 Å². The lowest BCUT2D eigenvalue weighted by molar-refractivity contribution is -0.0399. The molecule has 1 saturated heterocycles. The summed E-state index contributed by atoms with van der Waals surface area (Å²) in [5.74, 6) is 0. The minimum absolute atomic E-state index is 0.226. The Hall–Kier alpha value is -0.860. The lowest BCUT2D eigenvalue weighted by atomic mass is 10.1. The minimum atomic E-state index is 0.226. The van der Waals surface area contributed by atoms with Gasteiger partial charge in [-0.2, -0.15) is 0 Å². The van der Waals surface area contributed by atoms with E-state index in [-0.39, 0.29) is 6.10 Å².